The molecule has 5 nitrogen and oxygen atoms in total. The Morgan fingerprint density at radius 1 is 1.00 bits per heavy atom. The lowest BCUT2D eigenvalue weighted by Crippen LogP contribution is -2.26. The number of rotatable bonds is 3. The van der Waals surface area contributed by atoms with Crippen LogP contribution in [0.1, 0.15) is 11.1 Å². The van der Waals surface area contributed by atoms with Gasteiger partial charge in [-0.15, -0.1) is 0 Å². The molecule has 0 spiro atoms. The van der Waals surface area contributed by atoms with Crippen molar-refractivity contribution in [3.8, 4) is 6.07 Å². The van der Waals surface area contributed by atoms with Crippen LogP contribution in [0.25, 0.3) is 21.7 Å². The van der Waals surface area contributed by atoms with E-state index in [9.17, 15) is 10.1 Å². The molecule has 28 heavy (non-hydrogen) atoms. The molecule has 4 aromatic rings. The number of amides is 1. The standard InChI is InChI=1S/C23H17N3O2/c24-14-16-8-9-18-13-22(25-10-11-28-23(25)27)26(21(18)12-16)15-19-6-3-5-17-4-1-2-7-20(17)19/h1-9,12-13H,10-11,15H2. The number of nitriles is 1. The Morgan fingerprint density at radius 3 is 2.68 bits per heavy atom. The summed E-state index contributed by atoms with van der Waals surface area (Å²) in [4.78, 5) is 13.9. The largest absolute Gasteiger partial charge is 0.447 e. The highest BCUT2D eigenvalue weighted by Crippen LogP contribution is 2.31. The third-order valence-electron chi connectivity index (χ3n) is 5.26. The third-order valence-corrected chi connectivity index (χ3v) is 5.26. The van der Waals surface area contributed by atoms with Crippen molar-refractivity contribution in [1.29, 1.82) is 5.26 Å². The van der Waals surface area contributed by atoms with E-state index >= 15 is 0 Å². The summed E-state index contributed by atoms with van der Waals surface area (Å²) in [6, 6.07) is 24.3. The molecule has 5 heteroatoms. The number of anilines is 1. The van der Waals surface area contributed by atoms with Crippen LogP contribution in [0.5, 0.6) is 0 Å². The zero-order valence-corrected chi connectivity index (χ0v) is 15.1. The zero-order chi connectivity index (χ0) is 19.1. The van der Waals surface area contributed by atoms with Gasteiger partial charge in [-0.2, -0.15) is 5.26 Å². The van der Waals surface area contributed by atoms with Gasteiger partial charge in [0, 0.05) is 5.39 Å². The van der Waals surface area contributed by atoms with E-state index in [2.05, 4.69) is 34.9 Å². The molecule has 0 bridgehead atoms. The molecular weight excluding hydrogens is 350 g/mol. The number of aromatic nitrogens is 1. The number of carbonyl (C=O) groups is 1. The van der Waals surface area contributed by atoms with Crippen LogP contribution in [-0.2, 0) is 11.3 Å². The minimum atomic E-state index is -0.331. The molecule has 3 aromatic carbocycles. The van der Waals surface area contributed by atoms with Crippen molar-refractivity contribution < 1.29 is 9.53 Å². The molecule has 1 amide bonds. The van der Waals surface area contributed by atoms with Gasteiger partial charge in [-0.1, -0.05) is 48.5 Å². The first-order chi connectivity index (χ1) is 13.7. The Kier molecular flexibility index (Phi) is 3.77. The second kappa shape index (κ2) is 6.43. The second-order valence-electron chi connectivity index (χ2n) is 6.88. The van der Waals surface area contributed by atoms with E-state index in [1.165, 1.54) is 10.8 Å². The maximum Gasteiger partial charge on any atom is 0.415 e. The van der Waals surface area contributed by atoms with E-state index in [0.29, 0.717) is 25.3 Å². The summed E-state index contributed by atoms with van der Waals surface area (Å²) in [5.74, 6) is 0.792. The molecule has 5 rings (SSSR count). The van der Waals surface area contributed by atoms with E-state index in [-0.39, 0.29) is 6.09 Å². The zero-order valence-electron chi connectivity index (χ0n) is 15.1. The molecule has 2 heterocycles. The fourth-order valence-corrected chi connectivity index (χ4v) is 3.90. The Hall–Kier alpha value is -3.78. The molecule has 1 aliphatic rings. The predicted octanol–water partition coefficient (Wildman–Crippen LogP) is 4.67. The summed E-state index contributed by atoms with van der Waals surface area (Å²) < 4.78 is 7.26. The Labute approximate surface area is 162 Å². The number of carbonyl (C=O) groups excluding carboxylic acids is 1. The monoisotopic (exact) mass is 367 g/mol. The molecular formula is C23H17N3O2. The highest BCUT2D eigenvalue weighted by atomic mass is 16.6. The molecule has 0 saturated carbocycles. The minimum absolute atomic E-state index is 0.331. The summed E-state index contributed by atoms with van der Waals surface area (Å²) in [7, 11) is 0. The Bertz CT molecular complexity index is 1260. The summed E-state index contributed by atoms with van der Waals surface area (Å²) in [6.45, 7) is 1.51. The Balaban J connectivity index is 1.72. The van der Waals surface area contributed by atoms with Crippen molar-refractivity contribution in [2.75, 3.05) is 18.1 Å². The smallest absolute Gasteiger partial charge is 0.415 e. The van der Waals surface area contributed by atoms with Gasteiger partial charge in [0.05, 0.1) is 30.2 Å². The first-order valence-corrected chi connectivity index (χ1v) is 9.19. The van der Waals surface area contributed by atoms with E-state index in [1.807, 2.05) is 36.4 Å². The third kappa shape index (κ3) is 2.58. The average Bonchev–Trinajstić information content (AvgIpc) is 3.31. The summed E-state index contributed by atoms with van der Waals surface area (Å²) >= 11 is 0. The molecule has 0 atom stereocenters. The van der Waals surface area contributed by atoms with Crippen LogP contribution in [0.15, 0.2) is 66.7 Å². The normalized spacial score (nSPS) is 13.8. The molecule has 0 N–H and O–H groups in total. The van der Waals surface area contributed by atoms with Gasteiger partial charge in [0.15, 0.2) is 0 Å². The fraction of sp³-hybridized carbons (Fsp3) is 0.130. The van der Waals surface area contributed by atoms with Gasteiger partial charge in [0.2, 0.25) is 0 Å². The van der Waals surface area contributed by atoms with E-state index in [4.69, 9.17) is 4.74 Å². The van der Waals surface area contributed by atoms with Crippen LogP contribution in [-0.4, -0.2) is 23.8 Å². The second-order valence-corrected chi connectivity index (χ2v) is 6.88. The molecule has 1 aromatic heterocycles. The highest BCUT2D eigenvalue weighted by Gasteiger charge is 2.27. The lowest BCUT2D eigenvalue weighted by molar-refractivity contribution is 0.181. The van der Waals surface area contributed by atoms with Gasteiger partial charge in [-0.3, -0.25) is 4.90 Å². The first kappa shape index (κ1) is 16.4. The number of ether oxygens (including phenoxy) is 1. The van der Waals surface area contributed by atoms with Crippen molar-refractivity contribution in [3.63, 3.8) is 0 Å². The number of hydrogen-bond acceptors (Lipinski definition) is 3. The van der Waals surface area contributed by atoms with Crippen LogP contribution >= 0.6 is 0 Å². The van der Waals surface area contributed by atoms with Crippen LogP contribution < -0.4 is 4.90 Å². The van der Waals surface area contributed by atoms with Gasteiger partial charge in [0.25, 0.3) is 0 Å². The fourth-order valence-electron chi connectivity index (χ4n) is 3.90. The van der Waals surface area contributed by atoms with Crippen molar-refractivity contribution in [3.05, 3.63) is 77.9 Å². The topological polar surface area (TPSA) is 58.3 Å². The molecule has 1 fully saturated rings. The van der Waals surface area contributed by atoms with Crippen molar-refractivity contribution in [1.82, 2.24) is 4.57 Å². The SMILES string of the molecule is N#Cc1ccc2cc(N3CCOC3=O)n(Cc3cccc4ccccc34)c2c1. The summed E-state index contributed by atoms with van der Waals surface area (Å²) in [5.41, 5.74) is 2.69. The number of cyclic esters (lactones) is 1. The maximum absolute atomic E-state index is 12.2. The number of hydrogen-bond donors (Lipinski definition) is 0. The molecule has 1 aliphatic heterocycles. The van der Waals surface area contributed by atoms with E-state index in [0.717, 1.165) is 22.3 Å². The number of benzene rings is 3. The number of nitrogens with zero attached hydrogens (tertiary/aromatic N) is 3. The lowest BCUT2D eigenvalue weighted by atomic mass is 10.0. The van der Waals surface area contributed by atoms with Crippen LogP contribution in [0.2, 0.25) is 0 Å². The van der Waals surface area contributed by atoms with Gasteiger partial charge >= 0.3 is 6.09 Å². The first-order valence-electron chi connectivity index (χ1n) is 9.19. The summed E-state index contributed by atoms with van der Waals surface area (Å²) in [5, 5.41) is 12.7. The molecule has 0 aliphatic carbocycles. The van der Waals surface area contributed by atoms with Gasteiger partial charge in [-0.05, 0) is 34.5 Å². The quantitative estimate of drug-likeness (QED) is 0.529. The molecule has 0 radical (unpaired) electrons. The van der Waals surface area contributed by atoms with Crippen LogP contribution in [0, 0.1) is 11.3 Å². The van der Waals surface area contributed by atoms with Gasteiger partial charge in [-0.25, -0.2) is 4.79 Å². The number of fused-ring (bicyclic) bond motifs is 2. The minimum Gasteiger partial charge on any atom is -0.447 e. The van der Waals surface area contributed by atoms with Crippen molar-refractivity contribution in [2.45, 2.75) is 6.54 Å². The average molecular weight is 367 g/mol. The van der Waals surface area contributed by atoms with Crippen molar-refractivity contribution in [2.24, 2.45) is 0 Å². The van der Waals surface area contributed by atoms with E-state index < -0.39 is 0 Å². The predicted molar refractivity (Wildman–Crippen MR) is 108 cm³/mol. The Morgan fingerprint density at radius 2 is 1.86 bits per heavy atom. The molecule has 1 saturated heterocycles. The van der Waals surface area contributed by atoms with Crippen LogP contribution in [0.4, 0.5) is 10.6 Å². The molecule has 0 unspecified atom stereocenters. The van der Waals surface area contributed by atoms with Gasteiger partial charge in [0.1, 0.15) is 12.4 Å². The van der Waals surface area contributed by atoms with Gasteiger partial charge < -0.3 is 9.30 Å². The highest BCUT2D eigenvalue weighted by molar-refractivity contribution is 5.95. The van der Waals surface area contributed by atoms with Crippen molar-refractivity contribution >= 4 is 33.6 Å². The summed E-state index contributed by atoms with van der Waals surface area (Å²) in [6.07, 6.45) is -0.331. The lowest BCUT2D eigenvalue weighted by Gasteiger charge is -2.18. The molecule has 136 valence electrons. The maximum atomic E-state index is 12.2. The van der Waals surface area contributed by atoms with E-state index in [1.54, 1.807) is 11.0 Å². The van der Waals surface area contributed by atoms with Crippen LogP contribution in [0.3, 0.4) is 0 Å².